The van der Waals surface area contributed by atoms with E-state index < -0.39 is 0 Å². The molecular weight excluding hydrogens is 250 g/mol. The molecule has 0 spiro atoms. The van der Waals surface area contributed by atoms with Gasteiger partial charge in [-0.3, -0.25) is 9.59 Å². The van der Waals surface area contributed by atoms with Gasteiger partial charge in [-0.15, -0.1) is 0 Å². The average molecular weight is 263 g/mol. The molecule has 2 rings (SSSR count). The lowest BCUT2D eigenvalue weighted by Crippen LogP contribution is -2.24. The zero-order valence-electron chi connectivity index (χ0n) is 9.82. The lowest BCUT2D eigenvalue weighted by molar-refractivity contribution is 0.0951. The Kier molecular flexibility index (Phi) is 3.78. The van der Waals surface area contributed by atoms with Crippen LogP contribution in [-0.4, -0.2) is 17.9 Å². The Bertz CT molecular complexity index is 603. The van der Waals surface area contributed by atoms with E-state index in [1.807, 2.05) is 18.2 Å². The highest BCUT2D eigenvalue weighted by Gasteiger charge is 2.09. The van der Waals surface area contributed by atoms with E-state index in [0.717, 1.165) is 17.0 Å². The van der Waals surface area contributed by atoms with Gasteiger partial charge in [0.15, 0.2) is 0 Å². The average Bonchev–Trinajstić information content (AvgIpc) is 2.81. The minimum atomic E-state index is -0.174. The Hall–Kier alpha value is -2.08. The van der Waals surface area contributed by atoms with Gasteiger partial charge < -0.3 is 15.6 Å². The van der Waals surface area contributed by atoms with Crippen LogP contribution in [0, 0.1) is 0 Å². The summed E-state index contributed by atoms with van der Waals surface area (Å²) in [5.41, 5.74) is 2.06. The first kappa shape index (κ1) is 12.4. The quantitative estimate of drug-likeness (QED) is 0.780. The van der Waals surface area contributed by atoms with Crippen molar-refractivity contribution < 1.29 is 4.79 Å². The maximum Gasteiger partial charge on any atom is 0.304 e. The van der Waals surface area contributed by atoms with Crippen LogP contribution in [0.2, 0.25) is 0 Å². The number of nitrogens with one attached hydrogen (secondary N) is 3. The number of anilines is 1. The second-order valence-corrected chi connectivity index (χ2v) is 4.49. The van der Waals surface area contributed by atoms with E-state index in [1.54, 1.807) is 18.5 Å². The van der Waals surface area contributed by atoms with Gasteiger partial charge in [-0.1, -0.05) is 23.5 Å². The van der Waals surface area contributed by atoms with Crippen LogP contribution < -0.4 is 15.5 Å². The van der Waals surface area contributed by atoms with Crippen LogP contribution >= 0.6 is 11.3 Å². The van der Waals surface area contributed by atoms with Crippen molar-refractivity contribution in [1.29, 1.82) is 0 Å². The minimum absolute atomic E-state index is 0.116. The van der Waals surface area contributed by atoms with Crippen LogP contribution in [-0.2, 0) is 6.54 Å². The molecule has 6 heteroatoms. The van der Waals surface area contributed by atoms with Gasteiger partial charge in [0.25, 0.3) is 5.91 Å². The first-order valence-corrected chi connectivity index (χ1v) is 6.30. The summed E-state index contributed by atoms with van der Waals surface area (Å²) in [4.78, 5) is 25.4. The number of carbonyl (C=O) groups excluding carboxylic acids is 1. The Morgan fingerprint density at radius 3 is 2.83 bits per heavy atom. The molecule has 0 aliphatic carbocycles. The first-order valence-electron chi connectivity index (χ1n) is 5.42. The largest absolute Gasteiger partial charge is 0.387 e. The van der Waals surface area contributed by atoms with Crippen molar-refractivity contribution in [1.82, 2.24) is 10.3 Å². The fourth-order valence-corrected chi connectivity index (χ4v) is 2.15. The van der Waals surface area contributed by atoms with Crippen molar-refractivity contribution in [2.24, 2.45) is 0 Å². The topological polar surface area (TPSA) is 74.0 Å². The summed E-state index contributed by atoms with van der Waals surface area (Å²) in [6.07, 6.45) is 0. The normalized spacial score (nSPS) is 10.1. The van der Waals surface area contributed by atoms with Crippen LogP contribution in [0.15, 0.2) is 34.4 Å². The number of para-hydroxylation sites is 1. The zero-order valence-corrected chi connectivity index (χ0v) is 10.6. The number of hydrogen-bond donors (Lipinski definition) is 3. The molecule has 0 fully saturated rings. The van der Waals surface area contributed by atoms with Gasteiger partial charge >= 0.3 is 4.87 Å². The van der Waals surface area contributed by atoms with Crippen LogP contribution in [0.4, 0.5) is 5.69 Å². The summed E-state index contributed by atoms with van der Waals surface area (Å²) in [7, 11) is 1.77. The van der Waals surface area contributed by atoms with Crippen molar-refractivity contribution in [3.05, 3.63) is 50.6 Å². The van der Waals surface area contributed by atoms with Crippen molar-refractivity contribution in [2.45, 2.75) is 6.54 Å². The highest BCUT2D eigenvalue weighted by molar-refractivity contribution is 7.07. The van der Waals surface area contributed by atoms with Gasteiger partial charge in [-0.05, 0) is 12.1 Å². The summed E-state index contributed by atoms with van der Waals surface area (Å²) in [6, 6.07) is 7.25. The second-order valence-electron chi connectivity index (χ2n) is 3.65. The number of rotatable bonds is 4. The predicted molar refractivity (Wildman–Crippen MR) is 72.1 cm³/mol. The molecule has 2 aromatic rings. The zero-order chi connectivity index (χ0) is 13.0. The van der Waals surface area contributed by atoms with E-state index in [1.165, 1.54) is 0 Å². The molecule has 3 N–H and O–H groups in total. The number of aromatic amines is 1. The molecule has 0 atom stereocenters. The number of carbonyl (C=O) groups is 1. The SMILES string of the molecule is CNc1ccccc1C(=O)NCc1csc(=O)[nH]1. The third-order valence-electron chi connectivity index (χ3n) is 2.45. The molecule has 1 amide bonds. The van der Waals surface area contributed by atoms with Crippen LogP contribution in [0.25, 0.3) is 0 Å². The number of H-pyrrole nitrogens is 1. The predicted octanol–water partition coefficient (Wildman–Crippen LogP) is 1.41. The number of aromatic nitrogens is 1. The summed E-state index contributed by atoms with van der Waals surface area (Å²) in [5.74, 6) is -0.174. The number of amides is 1. The minimum Gasteiger partial charge on any atom is -0.387 e. The Morgan fingerprint density at radius 2 is 2.17 bits per heavy atom. The number of benzene rings is 1. The third-order valence-corrected chi connectivity index (χ3v) is 3.17. The number of hydrogen-bond acceptors (Lipinski definition) is 4. The lowest BCUT2D eigenvalue weighted by atomic mass is 10.1. The van der Waals surface area contributed by atoms with Crippen molar-refractivity contribution >= 4 is 22.9 Å². The third kappa shape index (κ3) is 2.78. The smallest absolute Gasteiger partial charge is 0.304 e. The fraction of sp³-hybridized carbons (Fsp3) is 0.167. The molecule has 0 aliphatic heterocycles. The molecule has 5 nitrogen and oxygen atoms in total. The number of thiazole rings is 1. The Labute approximate surface area is 108 Å². The van der Waals surface area contributed by atoms with Gasteiger partial charge in [-0.25, -0.2) is 0 Å². The molecule has 18 heavy (non-hydrogen) atoms. The van der Waals surface area contributed by atoms with E-state index in [-0.39, 0.29) is 10.8 Å². The standard InChI is InChI=1S/C12H13N3O2S/c1-13-10-5-3-2-4-9(10)11(16)14-6-8-7-18-12(17)15-8/h2-5,7,13H,6H2,1H3,(H,14,16)(H,15,17). The highest BCUT2D eigenvalue weighted by atomic mass is 32.1. The van der Waals surface area contributed by atoms with E-state index in [0.29, 0.717) is 17.8 Å². The maximum atomic E-state index is 12.0. The van der Waals surface area contributed by atoms with Gasteiger partial charge in [0, 0.05) is 23.8 Å². The molecule has 0 saturated carbocycles. The van der Waals surface area contributed by atoms with Gasteiger partial charge in [0.2, 0.25) is 0 Å². The first-order chi connectivity index (χ1) is 8.70. The molecule has 1 aromatic heterocycles. The molecule has 0 aliphatic rings. The van der Waals surface area contributed by atoms with Gasteiger partial charge in [0.05, 0.1) is 12.1 Å². The Balaban J connectivity index is 2.05. The van der Waals surface area contributed by atoms with E-state index in [4.69, 9.17) is 0 Å². The highest BCUT2D eigenvalue weighted by Crippen LogP contribution is 2.13. The monoisotopic (exact) mass is 263 g/mol. The van der Waals surface area contributed by atoms with Crippen molar-refractivity contribution in [2.75, 3.05) is 12.4 Å². The molecular formula is C12H13N3O2S. The molecule has 0 radical (unpaired) electrons. The van der Waals surface area contributed by atoms with Gasteiger partial charge in [0.1, 0.15) is 0 Å². The fourth-order valence-electron chi connectivity index (χ4n) is 1.57. The van der Waals surface area contributed by atoms with Crippen LogP contribution in [0.5, 0.6) is 0 Å². The van der Waals surface area contributed by atoms with E-state index in [9.17, 15) is 9.59 Å². The van der Waals surface area contributed by atoms with Crippen molar-refractivity contribution in [3.8, 4) is 0 Å². The van der Waals surface area contributed by atoms with Crippen LogP contribution in [0.3, 0.4) is 0 Å². The van der Waals surface area contributed by atoms with E-state index in [2.05, 4.69) is 15.6 Å². The molecule has 1 aromatic carbocycles. The molecule has 0 bridgehead atoms. The van der Waals surface area contributed by atoms with Gasteiger partial charge in [-0.2, -0.15) is 0 Å². The van der Waals surface area contributed by atoms with Crippen molar-refractivity contribution in [3.63, 3.8) is 0 Å². The lowest BCUT2D eigenvalue weighted by Gasteiger charge is -2.08. The summed E-state index contributed by atoms with van der Waals surface area (Å²) >= 11 is 1.08. The molecule has 0 unspecified atom stereocenters. The molecule has 1 heterocycles. The van der Waals surface area contributed by atoms with E-state index >= 15 is 0 Å². The second kappa shape index (κ2) is 5.50. The summed E-state index contributed by atoms with van der Waals surface area (Å²) in [6.45, 7) is 0.315. The molecule has 94 valence electrons. The summed E-state index contributed by atoms with van der Waals surface area (Å²) in [5, 5.41) is 7.42. The molecule has 0 saturated heterocycles. The summed E-state index contributed by atoms with van der Waals surface area (Å²) < 4.78 is 0. The Morgan fingerprint density at radius 1 is 1.39 bits per heavy atom. The van der Waals surface area contributed by atoms with Crippen LogP contribution in [0.1, 0.15) is 16.1 Å². The maximum absolute atomic E-state index is 12.0.